The minimum absolute atomic E-state index is 0.0428. The van der Waals surface area contributed by atoms with Gasteiger partial charge in [-0.05, 0) is 25.5 Å². The first-order valence-corrected chi connectivity index (χ1v) is 3.39. The number of rotatable bonds is 1. The average molecular weight is 136 g/mol. The van der Waals surface area contributed by atoms with E-state index in [2.05, 4.69) is 4.98 Å². The lowest BCUT2D eigenvalue weighted by Crippen LogP contribution is -2.08. The molecule has 0 aliphatic heterocycles. The predicted molar refractivity (Wildman–Crippen MR) is 41.6 cm³/mol. The Hall–Kier alpha value is -0.890. The molecule has 0 bridgehead atoms. The molecule has 0 unspecified atom stereocenters. The molecule has 1 heterocycles. The van der Waals surface area contributed by atoms with Crippen molar-refractivity contribution in [3.63, 3.8) is 0 Å². The van der Waals surface area contributed by atoms with Gasteiger partial charge < -0.3 is 5.73 Å². The second-order valence-electron chi connectivity index (χ2n) is 2.49. The van der Waals surface area contributed by atoms with Crippen LogP contribution in [0, 0.1) is 6.92 Å². The minimum atomic E-state index is 0.0428. The first-order chi connectivity index (χ1) is 4.72. The highest BCUT2D eigenvalue weighted by atomic mass is 14.8. The molecule has 0 aromatic carbocycles. The molecule has 0 amide bonds. The Labute approximate surface area is 61.1 Å². The topological polar surface area (TPSA) is 38.9 Å². The number of aromatic nitrogens is 1. The van der Waals surface area contributed by atoms with E-state index in [0.717, 1.165) is 11.3 Å². The molecule has 2 heteroatoms. The lowest BCUT2D eigenvalue weighted by molar-refractivity contribution is 0.772. The van der Waals surface area contributed by atoms with E-state index in [1.54, 1.807) is 6.20 Å². The quantitative estimate of drug-likeness (QED) is 0.634. The van der Waals surface area contributed by atoms with E-state index in [0.29, 0.717) is 0 Å². The maximum absolute atomic E-state index is 5.65. The maximum Gasteiger partial charge on any atom is 0.0597 e. The summed E-state index contributed by atoms with van der Waals surface area (Å²) >= 11 is 0. The Morgan fingerprint density at radius 2 is 2.30 bits per heavy atom. The Kier molecular flexibility index (Phi) is 2.02. The predicted octanol–water partition coefficient (Wildman–Crippen LogP) is 1.41. The van der Waals surface area contributed by atoms with E-state index in [-0.39, 0.29) is 6.04 Å². The molecular formula is C8H12N2. The van der Waals surface area contributed by atoms with E-state index < -0.39 is 0 Å². The summed E-state index contributed by atoms with van der Waals surface area (Å²) in [6.07, 6.45) is 1.77. The van der Waals surface area contributed by atoms with Crippen molar-refractivity contribution in [3.8, 4) is 0 Å². The molecule has 0 radical (unpaired) electrons. The number of aryl methyl sites for hydroxylation is 1. The van der Waals surface area contributed by atoms with Gasteiger partial charge in [0.2, 0.25) is 0 Å². The lowest BCUT2D eigenvalue weighted by atomic mass is 10.1. The van der Waals surface area contributed by atoms with Crippen LogP contribution >= 0.6 is 0 Å². The van der Waals surface area contributed by atoms with Crippen molar-refractivity contribution < 1.29 is 0 Å². The molecule has 2 nitrogen and oxygen atoms in total. The summed E-state index contributed by atoms with van der Waals surface area (Å²) in [5.74, 6) is 0. The van der Waals surface area contributed by atoms with Gasteiger partial charge >= 0.3 is 0 Å². The third-order valence-electron chi connectivity index (χ3n) is 1.48. The molecule has 0 saturated heterocycles. The van der Waals surface area contributed by atoms with Crippen molar-refractivity contribution in [3.05, 3.63) is 29.6 Å². The van der Waals surface area contributed by atoms with Gasteiger partial charge in [-0.15, -0.1) is 0 Å². The van der Waals surface area contributed by atoms with Gasteiger partial charge in [0, 0.05) is 12.2 Å². The molecule has 0 spiro atoms. The van der Waals surface area contributed by atoms with Crippen LogP contribution < -0.4 is 5.73 Å². The lowest BCUT2D eigenvalue weighted by Gasteiger charge is -2.06. The highest BCUT2D eigenvalue weighted by molar-refractivity contribution is 5.19. The summed E-state index contributed by atoms with van der Waals surface area (Å²) in [5, 5.41) is 0. The first kappa shape index (κ1) is 7.22. The number of nitrogens with zero attached hydrogens (tertiary/aromatic N) is 1. The van der Waals surface area contributed by atoms with Gasteiger partial charge in [-0.3, -0.25) is 4.98 Å². The Balaban J connectivity index is 3.03. The molecule has 1 aromatic rings. The molecule has 0 aliphatic carbocycles. The van der Waals surface area contributed by atoms with Gasteiger partial charge in [0.05, 0.1) is 5.69 Å². The van der Waals surface area contributed by atoms with Crippen LogP contribution in [0.15, 0.2) is 18.3 Å². The molecule has 0 fully saturated rings. The van der Waals surface area contributed by atoms with E-state index in [9.17, 15) is 0 Å². The third-order valence-corrected chi connectivity index (χ3v) is 1.48. The van der Waals surface area contributed by atoms with E-state index in [1.165, 1.54) is 0 Å². The molecular weight excluding hydrogens is 124 g/mol. The number of hydrogen-bond donors (Lipinski definition) is 1. The second kappa shape index (κ2) is 2.80. The smallest absolute Gasteiger partial charge is 0.0597 e. The zero-order valence-electron chi connectivity index (χ0n) is 6.33. The van der Waals surface area contributed by atoms with Gasteiger partial charge in [-0.2, -0.15) is 0 Å². The van der Waals surface area contributed by atoms with E-state index in [1.807, 2.05) is 26.0 Å². The van der Waals surface area contributed by atoms with Crippen LogP contribution in [0.3, 0.4) is 0 Å². The van der Waals surface area contributed by atoms with Crippen molar-refractivity contribution in [1.82, 2.24) is 4.98 Å². The molecule has 1 aromatic heterocycles. The number of pyridine rings is 1. The molecule has 1 atom stereocenters. The van der Waals surface area contributed by atoms with Crippen LogP contribution in [0.1, 0.15) is 24.2 Å². The van der Waals surface area contributed by atoms with Crippen molar-refractivity contribution in [2.24, 2.45) is 5.73 Å². The molecule has 1 rings (SSSR count). The summed E-state index contributed by atoms with van der Waals surface area (Å²) in [6.45, 7) is 3.96. The summed E-state index contributed by atoms with van der Waals surface area (Å²) < 4.78 is 0. The van der Waals surface area contributed by atoms with Gasteiger partial charge in [-0.25, -0.2) is 0 Å². The normalized spacial score (nSPS) is 13.1. The van der Waals surface area contributed by atoms with Gasteiger partial charge in [0.25, 0.3) is 0 Å². The fraction of sp³-hybridized carbons (Fsp3) is 0.375. The molecule has 0 saturated carbocycles. The molecule has 54 valence electrons. The van der Waals surface area contributed by atoms with Gasteiger partial charge in [0.15, 0.2) is 0 Å². The fourth-order valence-electron chi connectivity index (χ4n) is 0.975. The Morgan fingerprint density at radius 3 is 2.70 bits per heavy atom. The van der Waals surface area contributed by atoms with Crippen LogP contribution in [0.4, 0.5) is 0 Å². The fourth-order valence-corrected chi connectivity index (χ4v) is 0.975. The zero-order valence-corrected chi connectivity index (χ0v) is 6.33. The highest BCUT2D eigenvalue weighted by Gasteiger charge is 2.01. The largest absolute Gasteiger partial charge is 0.323 e. The van der Waals surface area contributed by atoms with Crippen molar-refractivity contribution in [1.29, 1.82) is 0 Å². The standard InChI is InChI=1S/C8H12N2/c1-6-4-3-5-10-8(6)7(2)9/h3-5,7H,9H2,1-2H3/t7-/m1/s1. The number of nitrogens with two attached hydrogens (primary N) is 1. The van der Waals surface area contributed by atoms with Crippen molar-refractivity contribution >= 4 is 0 Å². The highest BCUT2D eigenvalue weighted by Crippen LogP contribution is 2.09. The van der Waals surface area contributed by atoms with Crippen LogP contribution in [-0.4, -0.2) is 4.98 Å². The van der Waals surface area contributed by atoms with E-state index in [4.69, 9.17) is 5.73 Å². The van der Waals surface area contributed by atoms with E-state index >= 15 is 0 Å². The van der Waals surface area contributed by atoms with Crippen molar-refractivity contribution in [2.75, 3.05) is 0 Å². The summed E-state index contributed by atoms with van der Waals surface area (Å²) in [5.41, 5.74) is 7.80. The van der Waals surface area contributed by atoms with Crippen LogP contribution in [-0.2, 0) is 0 Å². The van der Waals surface area contributed by atoms with Crippen molar-refractivity contribution in [2.45, 2.75) is 19.9 Å². The number of hydrogen-bond acceptors (Lipinski definition) is 2. The summed E-state index contributed by atoms with van der Waals surface area (Å²) in [7, 11) is 0. The second-order valence-corrected chi connectivity index (χ2v) is 2.49. The van der Waals surface area contributed by atoms with Crippen LogP contribution in [0.25, 0.3) is 0 Å². The Morgan fingerprint density at radius 1 is 1.60 bits per heavy atom. The summed E-state index contributed by atoms with van der Waals surface area (Å²) in [4.78, 5) is 4.15. The average Bonchev–Trinajstić information content (AvgIpc) is 1.88. The Bertz CT molecular complexity index is 218. The molecule has 10 heavy (non-hydrogen) atoms. The third kappa shape index (κ3) is 1.33. The molecule has 0 aliphatic rings. The zero-order chi connectivity index (χ0) is 7.56. The SMILES string of the molecule is Cc1cccnc1[C@@H](C)N. The summed E-state index contributed by atoms with van der Waals surface area (Å²) in [6, 6.07) is 3.98. The first-order valence-electron chi connectivity index (χ1n) is 3.39. The van der Waals surface area contributed by atoms with Gasteiger partial charge in [-0.1, -0.05) is 6.07 Å². The van der Waals surface area contributed by atoms with Crippen LogP contribution in [0.5, 0.6) is 0 Å². The molecule has 2 N–H and O–H groups in total. The maximum atomic E-state index is 5.65. The van der Waals surface area contributed by atoms with Gasteiger partial charge in [0.1, 0.15) is 0 Å². The minimum Gasteiger partial charge on any atom is -0.323 e. The monoisotopic (exact) mass is 136 g/mol. The van der Waals surface area contributed by atoms with Crippen LogP contribution in [0.2, 0.25) is 0 Å².